The Morgan fingerprint density at radius 2 is 2.31 bits per heavy atom. The number of nitrogens with zero attached hydrogens (tertiary/aromatic N) is 1. The van der Waals surface area contributed by atoms with E-state index in [-0.39, 0.29) is 11.9 Å². The van der Waals surface area contributed by atoms with Crippen molar-refractivity contribution < 1.29 is 9.13 Å². The van der Waals surface area contributed by atoms with Crippen LogP contribution in [-0.2, 0) is 0 Å². The highest BCUT2D eigenvalue weighted by Gasteiger charge is 2.21. The van der Waals surface area contributed by atoms with Gasteiger partial charge in [-0.2, -0.15) is 0 Å². The van der Waals surface area contributed by atoms with Crippen LogP contribution in [0.1, 0.15) is 11.6 Å². The zero-order valence-corrected chi connectivity index (χ0v) is 9.66. The predicted octanol–water partition coefficient (Wildman–Crippen LogP) is 1.41. The molecule has 1 aliphatic heterocycles. The summed E-state index contributed by atoms with van der Waals surface area (Å²) >= 11 is 0. The molecule has 0 amide bonds. The van der Waals surface area contributed by atoms with Crippen molar-refractivity contribution in [1.29, 1.82) is 0 Å². The Kier molecular flexibility index (Phi) is 3.41. The summed E-state index contributed by atoms with van der Waals surface area (Å²) in [5.41, 5.74) is 0.994. The van der Waals surface area contributed by atoms with E-state index in [2.05, 4.69) is 17.3 Å². The molecule has 88 valence electrons. The molecule has 2 rings (SSSR count). The molecular weight excluding hydrogens is 207 g/mol. The quantitative estimate of drug-likeness (QED) is 0.822. The fourth-order valence-corrected chi connectivity index (χ4v) is 2.07. The minimum atomic E-state index is -0.293. The second kappa shape index (κ2) is 4.80. The smallest absolute Gasteiger partial charge is 0.165 e. The molecule has 4 heteroatoms. The minimum Gasteiger partial charge on any atom is -0.494 e. The SMILES string of the molecule is COc1ccc(C2CNCCN2C)cc1F. The fraction of sp³-hybridized carbons (Fsp3) is 0.500. The van der Waals surface area contributed by atoms with Gasteiger partial charge in [-0.15, -0.1) is 0 Å². The van der Waals surface area contributed by atoms with E-state index in [1.165, 1.54) is 7.11 Å². The van der Waals surface area contributed by atoms with Crippen LogP contribution in [0.25, 0.3) is 0 Å². The van der Waals surface area contributed by atoms with E-state index in [4.69, 9.17) is 4.74 Å². The Bertz CT molecular complexity index is 370. The largest absolute Gasteiger partial charge is 0.494 e. The number of benzene rings is 1. The van der Waals surface area contributed by atoms with Crippen molar-refractivity contribution in [2.75, 3.05) is 33.8 Å². The molecule has 1 unspecified atom stereocenters. The lowest BCUT2D eigenvalue weighted by Crippen LogP contribution is -2.43. The van der Waals surface area contributed by atoms with E-state index >= 15 is 0 Å². The van der Waals surface area contributed by atoms with Crippen molar-refractivity contribution in [1.82, 2.24) is 10.2 Å². The van der Waals surface area contributed by atoms with Crippen molar-refractivity contribution in [3.63, 3.8) is 0 Å². The Hall–Kier alpha value is -1.13. The number of halogens is 1. The van der Waals surface area contributed by atoms with Crippen LogP contribution in [0.15, 0.2) is 18.2 Å². The number of nitrogens with one attached hydrogen (secondary N) is 1. The molecule has 1 fully saturated rings. The van der Waals surface area contributed by atoms with Crippen LogP contribution in [0.5, 0.6) is 5.75 Å². The molecule has 1 saturated heterocycles. The predicted molar refractivity (Wildman–Crippen MR) is 61.2 cm³/mol. The molecule has 1 aliphatic rings. The summed E-state index contributed by atoms with van der Waals surface area (Å²) in [6.07, 6.45) is 0. The van der Waals surface area contributed by atoms with Gasteiger partial charge in [0.05, 0.1) is 7.11 Å². The second-order valence-electron chi connectivity index (χ2n) is 4.09. The summed E-state index contributed by atoms with van der Waals surface area (Å²) < 4.78 is 18.5. The van der Waals surface area contributed by atoms with Crippen molar-refractivity contribution in [3.05, 3.63) is 29.6 Å². The van der Waals surface area contributed by atoms with Crippen LogP contribution in [-0.4, -0.2) is 38.7 Å². The monoisotopic (exact) mass is 224 g/mol. The zero-order valence-electron chi connectivity index (χ0n) is 9.66. The van der Waals surface area contributed by atoms with Gasteiger partial charge < -0.3 is 10.1 Å². The van der Waals surface area contributed by atoms with Gasteiger partial charge in [-0.1, -0.05) is 6.07 Å². The third-order valence-electron chi connectivity index (χ3n) is 3.07. The van der Waals surface area contributed by atoms with E-state index in [0.717, 1.165) is 25.2 Å². The maximum atomic E-state index is 13.6. The average molecular weight is 224 g/mol. The number of likely N-dealkylation sites (N-methyl/N-ethyl adjacent to an activating group) is 1. The van der Waals surface area contributed by atoms with Crippen LogP contribution in [0.2, 0.25) is 0 Å². The van der Waals surface area contributed by atoms with E-state index in [1.807, 2.05) is 6.07 Å². The van der Waals surface area contributed by atoms with Crippen LogP contribution in [0.3, 0.4) is 0 Å². The third kappa shape index (κ3) is 2.18. The van der Waals surface area contributed by atoms with Crippen molar-refractivity contribution in [2.45, 2.75) is 6.04 Å². The summed E-state index contributed by atoms with van der Waals surface area (Å²) in [5.74, 6) is 0.00847. The molecule has 16 heavy (non-hydrogen) atoms. The molecule has 0 aliphatic carbocycles. The molecule has 0 spiro atoms. The lowest BCUT2D eigenvalue weighted by molar-refractivity contribution is 0.202. The molecule has 1 N–H and O–H groups in total. The van der Waals surface area contributed by atoms with E-state index in [1.54, 1.807) is 12.1 Å². The van der Waals surface area contributed by atoms with E-state index in [9.17, 15) is 4.39 Å². The first-order chi connectivity index (χ1) is 7.72. The summed E-state index contributed by atoms with van der Waals surface area (Å²) in [6.45, 7) is 2.84. The van der Waals surface area contributed by atoms with Gasteiger partial charge >= 0.3 is 0 Å². The van der Waals surface area contributed by atoms with Gasteiger partial charge in [0.25, 0.3) is 0 Å². The molecule has 1 aromatic carbocycles. The molecular formula is C12H17FN2O. The Balaban J connectivity index is 2.22. The molecule has 1 aromatic rings. The van der Waals surface area contributed by atoms with Gasteiger partial charge in [0.1, 0.15) is 0 Å². The second-order valence-corrected chi connectivity index (χ2v) is 4.09. The third-order valence-corrected chi connectivity index (χ3v) is 3.07. The highest BCUT2D eigenvalue weighted by atomic mass is 19.1. The molecule has 0 bridgehead atoms. The topological polar surface area (TPSA) is 24.5 Å². The molecule has 1 heterocycles. The summed E-state index contributed by atoms with van der Waals surface area (Å²) in [7, 11) is 3.54. The number of hydrogen-bond acceptors (Lipinski definition) is 3. The number of rotatable bonds is 2. The normalized spacial score (nSPS) is 22.1. The fourth-order valence-electron chi connectivity index (χ4n) is 2.07. The molecule has 0 aromatic heterocycles. The van der Waals surface area contributed by atoms with Crippen LogP contribution in [0, 0.1) is 5.82 Å². The first-order valence-electron chi connectivity index (χ1n) is 5.47. The van der Waals surface area contributed by atoms with Crippen LogP contribution < -0.4 is 10.1 Å². The van der Waals surface area contributed by atoms with E-state index < -0.39 is 0 Å². The maximum Gasteiger partial charge on any atom is 0.165 e. The van der Waals surface area contributed by atoms with Gasteiger partial charge in [-0.3, -0.25) is 4.90 Å². The average Bonchev–Trinajstić information content (AvgIpc) is 2.29. The van der Waals surface area contributed by atoms with Gasteiger partial charge in [0.2, 0.25) is 0 Å². The number of methoxy groups -OCH3 is 1. The lowest BCUT2D eigenvalue weighted by atomic mass is 10.0. The number of hydrogen-bond donors (Lipinski definition) is 1. The molecule has 0 radical (unpaired) electrons. The summed E-state index contributed by atoms with van der Waals surface area (Å²) in [6, 6.07) is 5.42. The first-order valence-corrected chi connectivity index (χ1v) is 5.47. The van der Waals surface area contributed by atoms with Crippen molar-refractivity contribution in [2.24, 2.45) is 0 Å². The Morgan fingerprint density at radius 3 is 2.94 bits per heavy atom. The standard InChI is InChI=1S/C12H17FN2O/c1-15-6-5-14-8-11(15)9-3-4-12(16-2)10(13)7-9/h3-4,7,11,14H,5-6,8H2,1-2H3. The van der Waals surface area contributed by atoms with Crippen LogP contribution >= 0.6 is 0 Å². The van der Waals surface area contributed by atoms with Gasteiger partial charge in [0.15, 0.2) is 11.6 Å². The molecule has 0 saturated carbocycles. The Morgan fingerprint density at radius 1 is 1.50 bits per heavy atom. The molecule has 1 atom stereocenters. The van der Waals surface area contributed by atoms with Crippen molar-refractivity contribution in [3.8, 4) is 5.75 Å². The lowest BCUT2D eigenvalue weighted by Gasteiger charge is -2.33. The highest BCUT2D eigenvalue weighted by Crippen LogP contribution is 2.25. The van der Waals surface area contributed by atoms with Crippen molar-refractivity contribution >= 4 is 0 Å². The summed E-state index contributed by atoms with van der Waals surface area (Å²) in [4.78, 5) is 2.23. The minimum absolute atomic E-state index is 0.245. The highest BCUT2D eigenvalue weighted by molar-refractivity contribution is 5.31. The van der Waals surface area contributed by atoms with Gasteiger partial charge in [0, 0.05) is 25.7 Å². The first kappa shape index (κ1) is 11.4. The zero-order chi connectivity index (χ0) is 11.5. The number of ether oxygens (including phenoxy) is 1. The maximum absolute atomic E-state index is 13.6. The Labute approximate surface area is 95.2 Å². The van der Waals surface area contributed by atoms with Gasteiger partial charge in [-0.05, 0) is 24.7 Å². The van der Waals surface area contributed by atoms with Gasteiger partial charge in [-0.25, -0.2) is 4.39 Å². The van der Waals surface area contributed by atoms with Crippen LogP contribution in [0.4, 0.5) is 4.39 Å². The summed E-state index contributed by atoms with van der Waals surface area (Å²) in [5, 5.41) is 3.32. The molecule has 3 nitrogen and oxygen atoms in total. The number of piperazine rings is 1. The van der Waals surface area contributed by atoms with E-state index in [0.29, 0.717) is 5.75 Å².